The summed E-state index contributed by atoms with van der Waals surface area (Å²) < 4.78 is 7.06. The van der Waals surface area contributed by atoms with Crippen LogP contribution < -0.4 is 10.1 Å². The standard InChI is InChI=1S/C31H30N4O2/c1-31(2,3)27-20-28-32-25(23-16-11-17-24(18-23)37-4)19-26(35(28)34-27)30(36)33-29(21-12-7-5-8-13-21)22-14-9-6-10-15-22/h5-20,29H,1-4H3,(H,33,36). The molecule has 0 radical (unpaired) electrons. The van der Waals surface area contributed by atoms with Gasteiger partial charge in [0.1, 0.15) is 11.4 Å². The van der Waals surface area contributed by atoms with Crippen LogP contribution in [0.2, 0.25) is 0 Å². The van der Waals surface area contributed by atoms with Gasteiger partial charge in [0.25, 0.3) is 5.91 Å². The molecule has 3 aromatic carbocycles. The van der Waals surface area contributed by atoms with Crippen molar-refractivity contribution in [1.82, 2.24) is 19.9 Å². The molecule has 2 aromatic heterocycles. The highest BCUT2D eigenvalue weighted by atomic mass is 16.5. The average Bonchev–Trinajstić information content (AvgIpc) is 3.37. The number of hydrogen-bond acceptors (Lipinski definition) is 4. The van der Waals surface area contributed by atoms with Crippen molar-refractivity contribution in [2.24, 2.45) is 0 Å². The van der Waals surface area contributed by atoms with E-state index in [0.29, 0.717) is 17.0 Å². The zero-order valence-electron chi connectivity index (χ0n) is 21.5. The van der Waals surface area contributed by atoms with Crippen molar-refractivity contribution in [3.63, 3.8) is 0 Å². The first-order valence-corrected chi connectivity index (χ1v) is 12.3. The second-order valence-corrected chi connectivity index (χ2v) is 10.0. The molecule has 2 heterocycles. The molecule has 5 rings (SSSR count). The molecule has 0 bridgehead atoms. The lowest BCUT2D eigenvalue weighted by Crippen LogP contribution is -2.31. The van der Waals surface area contributed by atoms with Gasteiger partial charge in [-0.1, -0.05) is 93.6 Å². The number of fused-ring (bicyclic) bond motifs is 1. The number of benzene rings is 3. The maximum atomic E-state index is 14.0. The number of aromatic nitrogens is 3. The van der Waals surface area contributed by atoms with Gasteiger partial charge in [-0.05, 0) is 29.3 Å². The molecule has 6 nitrogen and oxygen atoms in total. The first kappa shape index (κ1) is 24.3. The number of carbonyl (C=O) groups is 1. The van der Waals surface area contributed by atoms with E-state index in [-0.39, 0.29) is 17.4 Å². The summed E-state index contributed by atoms with van der Waals surface area (Å²) in [5.41, 5.74) is 5.22. The van der Waals surface area contributed by atoms with Crippen LogP contribution in [0, 0.1) is 0 Å². The Balaban J connectivity index is 1.63. The summed E-state index contributed by atoms with van der Waals surface area (Å²) in [6.45, 7) is 6.29. The lowest BCUT2D eigenvalue weighted by Gasteiger charge is -2.20. The Morgan fingerprint density at radius 3 is 2.11 bits per heavy atom. The third-order valence-electron chi connectivity index (χ3n) is 6.33. The molecule has 0 aliphatic carbocycles. The summed E-state index contributed by atoms with van der Waals surface area (Å²) in [5.74, 6) is 0.486. The van der Waals surface area contributed by atoms with E-state index < -0.39 is 0 Å². The fraction of sp³-hybridized carbons (Fsp3) is 0.194. The van der Waals surface area contributed by atoms with Gasteiger partial charge in [-0.25, -0.2) is 9.50 Å². The summed E-state index contributed by atoms with van der Waals surface area (Å²) in [6, 6.07) is 31.0. The van der Waals surface area contributed by atoms with Crippen molar-refractivity contribution in [2.45, 2.75) is 32.2 Å². The molecule has 0 aliphatic heterocycles. The number of ether oxygens (including phenoxy) is 1. The SMILES string of the molecule is COc1cccc(-c2cc(C(=O)NC(c3ccccc3)c3ccccc3)n3nc(C(C)(C)C)cc3n2)c1. The number of nitrogens with zero attached hydrogens (tertiary/aromatic N) is 3. The third-order valence-corrected chi connectivity index (χ3v) is 6.33. The van der Waals surface area contributed by atoms with Gasteiger partial charge in [0.2, 0.25) is 0 Å². The first-order valence-electron chi connectivity index (χ1n) is 12.3. The van der Waals surface area contributed by atoms with Crippen LogP contribution in [-0.2, 0) is 5.41 Å². The lowest BCUT2D eigenvalue weighted by atomic mass is 9.93. The number of hydrogen-bond donors (Lipinski definition) is 1. The minimum absolute atomic E-state index is 0.200. The van der Waals surface area contributed by atoms with E-state index in [1.165, 1.54) is 0 Å². The molecule has 5 aromatic rings. The largest absolute Gasteiger partial charge is 0.497 e. The van der Waals surface area contributed by atoms with E-state index in [9.17, 15) is 4.79 Å². The van der Waals surface area contributed by atoms with Crippen molar-refractivity contribution < 1.29 is 9.53 Å². The van der Waals surface area contributed by atoms with Crippen LogP contribution in [0.3, 0.4) is 0 Å². The molecule has 37 heavy (non-hydrogen) atoms. The molecule has 0 atom stereocenters. The normalized spacial score (nSPS) is 11.6. The van der Waals surface area contributed by atoms with E-state index in [0.717, 1.165) is 28.1 Å². The van der Waals surface area contributed by atoms with Crippen LogP contribution in [0.25, 0.3) is 16.9 Å². The first-order chi connectivity index (χ1) is 17.8. The highest BCUT2D eigenvalue weighted by Gasteiger charge is 2.24. The maximum Gasteiger partial charge on any atom is 0.270 e. The summed E-state index contributed by atoms with van der Waals surface area (Å²) in [7, 11) is 1.63. The predicted octanol–water partition coefficient (Wildman–Crippen LogP) is 6.22. The van der Waals surface area contributed by atoms with Gasteiger partial charge in [-0.2, -0.15) is 5.10 Å². The van der Waals surface area contributed by atoms with Crippen LogP contribution >= 0.6 is 0 Å². The van der Waals surface area contributed by atoms with Gasteiger partial charge in [-0.3, -0.25) is 4.79 Å². The van der Waals surface area contributed by atoms with E-state index in [1.54, 1.807) is 17.7 Å². The van der Waals surface area contributed by atoms with Gasteiger partial charge in [0, 0.05) is 17.0 Å². The van der Waals surface area contributed by atoms with Crippen molar-refractivity contribution in [3.05, 3.63) is 120 Å². The highest BCUT2D eigenvalue weighted by Crippen LogP contribution is 2.28. The molecule has 0 aliphatic rings. The molecular weight excluding hydrogens is 460 g/mol. The van der Waals surface area contributed by atoms with Gasteiger partial charge in [-0.15, -0.1) is 0 Å². The fourth-order valence-electron chi connectivity index (χ4n) is 4.29. The monoisotopic (exact) mass is 490 g/mol. The Kier molecular flexibility index (Phi) is 6.49. The summed E-state index contributed by atoms with van der Waals surface area (Å²) in [5, 5.41) is 8.05. The van der Waals surface area contributed by atoms with Crippen LogP contribution in [0.5, 0.6) is 5.75 Å². The van der Waals surface area contributed by atoms with E-state index in [4.69, 9.17) is 14.8 Å². The minimum atomic E-state index is -0.323. The molecule has 0 saturated heterocycles. The van der Waals surface area contributed by atoms with E-state index in [2.05, 4.69) is 26.1 Å². The molecule has 0 unspecified atom stereocenters. The zero-order chi connectivity index (χ0) is 26.0. The molecule has 1 amide bonds. The van der Waals surface area contributed by atoms with Gasteiger partial charge in [0.15, 0.2) is 5.65 Å². The number of nitrogens with one attached hydrogen (secondary N) is 1. The van der Waals surface area contributed by atoms with Crippen LogP contribution in [0.1, 0.15) is 54.1 Å². The summed E-state index contributed by atoms with van der Waals surface area (Å²) in [6.07, 6.45) is 0. The topological polar surface area (TPSA) is 68.5 Å². The Labute approximate surface area is 217 Å². The van der Waals surface area contributed by atoms with E-state index >= 15 is 0 Å². The van der Waals surface area contributed by atoms with Gasteiger partial charge in [0.05, 0.1) is 24.5 Å². The molecule has 0 fully saturated rings. The predicted molar refractivity (Wildman–Crippen MR) is 146 cm³/mol. The smallest absolute Gasteiger partial charge is 0.270 e. The summed E-state index contributed by atoms with van der Waals surface area (Å²) >= 11 is 0. The van der Waals surface area contributed by atoms with Crippen molar-refractivity contribution in [3.8, 4) is 17.0 Å². The molecular formula is C31H30N4O2. The lowest BCUT2D eigenvalue weighted by molar-refractivity contribution is 0.0935. The van der Waals surface area contributed by atoms with Gasteiger partial charge < -0.3 is 10.1 Å². The Morgan fingerprint density at radius 2 is 1.51 bits per heavy atom. The van der Waals surface area contributed by atoms with Gasteiger partial charge >= 0.3 is 0 Å². The minimum Gasteiger partial charge on any atom is -0.497 e. The highest BCUT2D eigenvalue weighted by molar-refractivity contribution is 5.94. The molecule has 0 saturated carbocycles. The number of carbonyl (C=O) groups excluding carboxylic acids is 1. The molecule has 6 heteroatoms. The Bertz CT molecular complexity index is 1500. The van der Waals surface area contributed by atoms with Crippen LogP contribution in [0.15, 0.2) is 97.1 Å². The summed E-state index contributed by atoms with van der Waals surface area (Å²) in [4.78, 5) is 18.8. The number of methoxy groups -OCH3 is 1. The molecule has 0 spiro atoms. The van der Waals surface area contributed by atoms with Crippen LogP contribution in [-0.4, -0.2) is 27.6 Å². The Morgan fingerprint density at radius 1 is 0.865 bits per heavy atom. The quantitative estimate of drug-likeness (QED) is 0.307. The zero-order valence-corrected chi connectivity index (χ0v) is 21.5. The number of amides is 1. The second-order valence-electron chi connectivity index (χ2n) is 10.0. The second kappa shape index (κ2) is 9.90. The Hall–Kier alpha value is -4.45. The van der Waals surface area contributed by atoms with Crippen molar-refractivity contribution >= 4 is 11.6 Å². The molecule has 186 valence electrons. The van der Waals surface area contributed by atoms with E-state index in [1.807, 2.05) is 91.0 Å². The number of rotatable bonds is 6. The van der Waals surface area contributed by atoms with Crippen LogP contribution in [0.4, 0.5) is 0 Å². The van der Waals surface area contributed by atoms with Crippen molar-refractivity contribution in [2.75, 3.05) is 7.11 Å². The average molecular weight is 491 g/mol. The third kappa shape index (κ3) is 5.09. The fourth-order valence-corrected chi connectivity index (χ4v) is 4.29. The van der Waals surface area contributed by atoms with Crippen molar-refractivity contribution in [1.29, 1.82) is 0 Å². The molecule has 1 N–H and O–H groups in total. The maximum absolute atomic E-state index is 14.0.